The summed E-state index contributed by atoms with van der Waals surface area (Å²) in [4.78, 5) is 56.3. The van der Waals surface area contributed by atoms with E-state index in [-0.39, 0.29) is 29.7 Å². The summed E-state index contributed by atoms with van der Waals surface area (Å²) in [6.07, 6.45) is 0.708. The van der Waals surface area contributed by atoms with Gasteiger partial charge in [0.2, 0.25) is 0 Å². The molecule has 0 aromatic heterocycles. The lowest BCUT2D eigenvalue weighted by Crippen LogP contribution is -2.43. The smallest absolute Gasteiger partial charge is 0.337 e. The summed E-state index contributed by atoms with van der Waals surface area (Å²) in [7, 11) is 6.84. The van der Waals surface area contributed by atoms with E-state index in [0.717, 1.165) is 55.0 Å². The zero-order valence-electron chi connectivity index (χ0n) is 36.3. The Morgan fingerprint density at radius 2 is 1.14 bits per heavy atom. The van der Waals surface area contributed by atoms with Crippen LogP contribution < -0.4 is 0 Å². The average Bonchev–Trinajstić information content (AvgIpc) is 3.30. The molecular formula is C52H52F2N4O5. The van der Waals surface area contributed by atoms with Gasteiger partial charge in [-0.2, -0.15) is 0 Å². The maximum Gasteiger partial charge on any atom is 0.337 e. The first-order valence-corrected chi connectivity index (χ1v) is 20.7. The van der Waals surface area contributed by atoms with Gasteiger partial charge in [0.15, 0.2) is 0 Å². The first-order valence-electron chi connectivity index (χ1n) is 20.7. The molecule has 0 radical (unpaired) electrons. The van der Waals surface area contributed by atoms with Crippen LogP contribution in [-0.4, -0.2) is 98.1 Å². The molecule has 63 heavy (non-hydrogen) atoms. The molecule has 1 aliphatic heterocycles. The van der Waals surface area contributed by atoms with Crippen LogP contribution in [0.25, 0.3) is 22.3 Å². The van der Waals surface area contributed by atoms with Gasteiger partial charge in [0.1, 0.15) is 17.9 Å². The predicted molar refractivity (Wildman–Crippen MR) is 242 cm³/mol. The second kappa shape index (κ2) is 21.3. The van der Waals surface area contributed by atoms with Gasteiger partial charge in [-0.15, -0.1) is 0 Å². The van der Waals surface area contributed by atoms with Crippen molar-refractivity contribution in [2.45, 2.75) is 26.6 Å². The molecule has 1 aliphatic rings. The van der Waals surface area contributed by atoms with E-state index in [1.807, 2.05) is 49.4 Å². The Kier molecular flexibility index (Phi) is 15.5. The molecule has 9 nitrogen and oxygen atoms in total. The van der Waals surface area contributed by atoms with Crippen molar-refractivity contribution in [1.29, 1.82) is 0 Å². The average molecular weight is 851 g/mol. The highest BCUT2D eigenvalue weighted by Crippen LogP contribution is 2.28. The van der Waals surface area contributed by atoms with E-state index in [9.17, 15) is 28.0 Å². The first kappa shape index (κ1) is 45.7. The Balaban J connectivity index is 0.000000211. The number of aldehydes is 1. The number of nitrogens with zero attached hydrogens (tertiary/aromatic N) is 4. The molecule has 1 fully saturated rings. The molecule has 0 atom stereocenters. The quantitative estimate of drug-likeness (QED) is 0.0897. The molecular weight excluding hydrogens is 799 g/mol. The highest BCUT2D eigenvalue weighted by molar-refractivity contribution is 5.98. The van der Waals surface area contributed by atoms with Crippen LogP contribution >= 0.6 is 0 Å². The molecule has 0 bridgehead atoms. The SMILES string of the molecule is COC(=O)c1cccc(C(=O)N(C)Cc2ccc(F)c(-c3cccc(C=O)c3)c2)c1.Cc1cccc(C(=O)N(C)Cc2ccc(F)c(-c3cccc(CN4CCN(C)CC4)c3)c2)c1. The number of amides is 2. The van der Waals surface area contributed by atoms with Crippen LogP contribution in [0.1, 0.15) is 63.7 Å². The molecule has 0 spiro atoms. The van der Waals surface area contributed by atoms with Gasteiger partial charge in [0.05, 0.1) is 12.7 Å². The van der Waals surface area contributed by atoms with Gasteiger partial charge in [-0.25, -0.2) is 13.6 Å². The highest BCUT2D eigenvalue weighted by atomic mass is 19.1. The largest absolute Gasteiger partial charge is 0.465 e. The van der Waals surface area contributed by atoms with Crippen LogP contribution in [0.15, 0.2) is 133 Å². The van der Waals surface area contributed by atoms with E-state index in [4.69, 9.17) is 0 Å². The van der Waals surface area contributed by atoms with Crippen molar-refractivity contribution < 1.29 is 32.7 Å². The normalized spacial score (nSPS) is 12.7. The number of esters is 1. The third kappa shape index (κ3) is 12.2. The Bertz CT molecular complexity index is 2590. The van der Waals surface area contributed by atoms with E-state index in [0.29, 0.717) is 46.2 Å². The number of aryl methyl sites for hydroxylation is 1. The molecule has 2 amide bonds. The summed E-state index contributed by atoms with van der Waals surface area (Å²) in [6, 6.07) is 38.4. The number of carbonyl (C=O) groups excluding carboxylic acids is 4. The number of methoxy groups -OCH3 is 1. The monoisotopic (exact) mass is 850 g/mol. The number of rotatable bonds is 12. The minimum Gasteiger partial charge on any atom is -0.465 e. The third-order valence-electron chi connectivity index (χ3n) is 11.0. The molecule has 7 rings (SSSR count). The molecule has 0 saturated carbocycles. The predicted octanol–water partition coefficient (Wildman–Crippen LogP) is 9.18. The Hall–Kier alpha value is -6.82. The third-order valence-corrected chi connectivity index (χ3v) is 11.0. The molecule has 6 aromatic carbocycles. The van der Waals surface area contributed by atoms with Gasteiger partial charge in [-0.1, -0.05) is 72.3 Å². The second-order valence-electron chi connectivity index (χ2n) is 15.9. The maximum absolute atomic E-state index is 14.8. The van der Waals surface area contributed by atoms with Crippen LogP contribution in [-0.2, 0) is 24.4 Å². The van der Waals surface area contributed by atoms with Gasteiger partial charge in [0, 0.05) is 87.7 Å². The molecule has 1 saturated heterocycles. The van der Waals surface area contributed by atoms with E-state index in [2.05, 4.69) is 33.7 Å². The Labute approximate surface area is 368 Å². The summed E-state index contributed by atoms with van der Waals surface area (Å²) >= 11 is 0. The fourth-order valence-electron chi connectivity index (χ4n) is 7.47. The summed E-state index contributed by atoms with van der Waals surface area (Å²) in [5, 5.41) is 0. The molecule has 6 aromatic rings. The van der Waals surface area contributed by atoms with Crippen molar-refractivity contribution >= 4 is 24.1 Å². The molecule has 0 N–H and O–H groups in total. The van der Waals surface area contributed by atoms with Crippen molar-refractivity contribution in [3.63, 3.8) is 0 Å². The van der Waals surface area contributed by atoms with Gasteiger partial charge in [0.25, 0.3) is 11.8 Å². The van der Waals surface area contributed by atoms with Crippen molar-refractivity contribution in [2.24, 2.45) is 0 Å². The fraction of sp³-hybridized carbons (Fsp3) is 0.231. The zero-order valence-corrected chi connectivity index (χ0v) is 36.3. The van der Waals surface area contributed by atoms with E-state index in [1.165, 1.54) is 35.8 Å². The van der Waals surface area contributed by atoms with Crippen LogP contribution in [0.2, 0.25) is 0 Å². The fourth-order valence-corrected chi connectivity index (χ4v) is 7.47. The molecule has 1 heterocycles. The van der Waals surface area contributed by atoms with Crippen molar-refractivity contribution in [3.05, 3.63) is 190 Å². The molecule has 0 aliphatic carbocycles. The van der Waals surface area contributed by atoms with Crippen LogP contribution in [0.5, 0.6) is 0 Å². The first-order chi connectivity index (χ1) is 30.3. The number of hydrogen-bond acceptors (Lipinski definition) is 7. The number of ether oxygens (including phenoxy) is 1. The van der Waals surface area contributed by atoms with Crippen LogP contribution in [0, 0.1) is 18.6 Å². The van der Waals surface area contributed by atoms with Crippen LogP contribution in [0.4, 0.5) is 8.78 Å². The van der Waals surface area contributed by atoms with Crippen molar-refractivity contribution in [3.8, 4) is 22.3 Å². The number of hydrogen-bond donors (Lipinski definition) is 0. The van der Waals surface area contributed by atoms with Gasteiger partial charge >= 0.3 is 5.97 Å². The van der Waals surface area contributed by atoms with Crippen LogP contribution in [0.3, 0.4) is 0 Å². The minimum absolute atomic E-state index is 0.0428. The van der Waals surface area contributed by atoms with Crippen molar-refractivity contribution in [2.75, 3.05) is 54.4 Å². The highest BCUT2D eigenvalue weighted by Gasteiger charge is 2.18. The topological polar surface area (TPSA) is 90.5 Å². The van der Waals surface area contributed by atoms with Crippen molar-refractivity contribution in [1.82, 2.24) is 19.6 Å². The molecule has 11 heteroatoms. The maximum atomic E-state index is 14.8. The summed E-state index contributed by atoms with van der Waals surface area (Å²) in [6.45, 7) is 7.74. The zero-order chi connectivity index (χ0) is 45.0. The summed E-state index contributed by atoms with van der Waals surface area (Å²) in [5.41, 5.74) is 8.00. The number of halogens is 2. The van der Waals surface area contributed by atoms with Gasteiger partial charge < -0.3 is 19.4 Å². The minimum atomic E-state index is -0.520. The summed E-state index contributed by atoms with van der Waals surface area (Å²) < 4.78 is 33.9. The number of piperazine rings is 1. The number of benzene rings is 6. The van der Waals surface area contributed by atoms with E-state index >= 15 is 0 Å². The Morgan fingerprint density at radius 3 is 1.71 bits per heavy atom. The number of carbonyl (C=O) groups is 4. The lowest BCUT2D eigenvalue weighted by atomic mass is 10.00. The lowest BCUT2D eigenvalue weighted by molar-refractivity contribution is 0.0600. The molecule has 0 unspecified atom stereocenters. The Morgan fingerprint density at radius 1 is 0.619 bits per heavy atom. The van der Waals surface area contributed by atoms with Gasteiger partial charge in [-0.3, -0.25) is 19.3 Å². The second-order valence-corrected chi connectivity index (χ2v) is 15.9. The summed E-state index contributed by atoms with van der Waals surface area (Å²) in [5.74, 6) is -1.51. The standard InChI is InChI=1S/C28H32FN3O.C24H20FNO4/c1-21-6-4-9-25(16-21)28(33)31(3)19-23-10-11-27(29)26(18-23)24-8-5-7-22(17-24)20-32-14-12-30(2)13-15-32;1-26(23(28)19-7-4-8-20(13-19)24(29)30-2)14-16-9-10-22(25)21(12-16)18-6-3-5-17(11-18)15-27/h4-11,16-18H,12-15,19-20H2,1-3H3;3-13,15H,14H2,1-2H3. The van der Waals surface area contributed by atoms with E-state index < -0.39 is 11.8 Å². The number of likely N-dealkylation sites (N-methyl/N-ethyl adjacent to an activating group) is 1. The molecule has 324 valence electrons. The lowest BCUT2D eigenvalue weighted by Gasteiger charge is -2.32. The van der Waals surface area contributed by atoms with E-state index in [1.54, 1.807) is 79.7 Å². The van der Waals surface area contributed by atoms with Gasteiger partial charge in [-0.05, 0) is 109 Å².